The summed E-state index contributed by atoms with van der Waals surface area (Å²) in [5.41, 5.74) is 5.88. The van der Waals surface area contributed by atoms with Gasteiger partial charge in [0.25, 0.3) is 0 Å². The molecule has 0 amide bonds. The Labute approximate surface area is 109 Å². The smallest absolute Gasteiger partial charge is 0.0432 e. The molecule has 2 aromatic rings. The molecule has 0 atom stereocenters. The van der Waals surface area contributed by atoms with E-state index in [4.69, 9.17) is 0 Å². The van der Waals surface area contributed by atoms with E-state index in [1.165, 1.54) is 22.4 Å². The zero-order valence-corrected chi connectivity index (χ0v) is 10.9. The van der Waals surface area contributed by atoms with Crippen LogP contribution in [-0.2, 0) is 19.4 Å². The molecule has 1 aliphatic rings. The summed E-state index contributed by atoms with van der Waals surface area (Å²) in [6.45, 7) is 4.33. The maximum atomic E-state index is 2.48. The molecule has 18 heavy (non-hydrogen) atoms. The van der Waals surface area contributed by atoms with Gasteiger partial charge in [0.2, 0.25) is 0 Å². The van der Waals surface area contributed by atoms with E-state index in [0.717, 1.165) is 25.9 Å². The Kier molecular flexibility index (Phi) is 3.06. The zero-order valence-electron chi connectivity index (χ0n) is 10.9. The highest BCUT2D eigenvalue weighted by Crippen LogP contribution is 2.27. The van der Waals surface area contributed by atoms with Crippen molar-refractivity contribution in [1.29, 1.82) is 0 Å². The Morgan fingerprint density at radius 2 is 1.44 bits per heavy atom. The molecule has 0 saturated carbocycles. The number of hydrogen-bond acceptors (Lipinski definition) is 1. The summed E-state index contributed by atoms with van der Waals surface area (Å²) >= 11 is 0. The van der Waals surface area contributed by atoms with Gasteiger partial charge in [0, 0.05) is 18.8 Å². The lowest BCUT2D eigenvalue weighted by atomic mass is 9.95. The molecule has 0 N–H and O–H groups in total. The summed E-state index contributed by atoms with van der Waals surface area (Å²) in [7, 11) is 0. The number of benzene rings is 2. The minimum Gasteiger partial charge on any atom is -0.367 e. The third-order valence-electron chi connectivity index (χ3n) is 3.86. The summed E-state index contributed by atoms with van der Waals surface area (Å²) in [6.07, 6.45) is 2.30. The van der Waals surface area contributed by atoms with E-state index in [1.807, 2.05) is 0 Å². The standard InChI is InChI=1S/C17H19N/c1-2-18-13-16-9-4-3-7-14(16)11-12-15-8-5-6-10-17(15)18/h3-10H,2,11-13H2,1H3. The first kappa shape index (κ1) is 11.3. The van der Waals surface area contributed by atoms with Crippen LogP contribution in [0, 0.1) is 0 Å². The molecule has 0 unspecified atom stereocenters. The van der Waals surface area contributed by atoms with Crippen molar-refractivity contribution in [2.45, 2.75) is 26.3 Å². The van der Waals surface area contributed by atoms with Crippen molar-refractivity contribution in [3.63, 3.8) is 0 Å². The number of aryl methyl sites for hydroxylation is 2. The minimum absolute atomic E-state index is 1.03. The summed E-state index contributed by atoms with van der Waals surface area (Å²) in [6, 6.07) is 17.7. The van der Waals surface area contributed by atoms with Crippen molar-refractivity contribution in [2.75, 3.05) is 11.4 Å². The molecule has 0 bridgehead atoms. The number of fused-ring (bicyclic) bond motifs is 2. The van der Waals surface area contributed by atoms with E-state index < -0.39 is 0 Å². The molecule has 1 heteroatoms. The molecule has 0 spiro atoms. The SMILES string of the molecule is CCN1Cc2ccccc2CCc2ccccc21. The number of anilines is 1. The molecule has 0 fully saturated rings. The third-order valence-corrected chi connectivity index (χ3v) is 3.86. The van der Waals surface area contributed by atoms with Crippen molar-refractivity contribution < 1.29 is 0 Å². The summed E-state index contributed by atoms with van der Waals surface area (Å²) < 4.78 is 0. The van der Waals surface area contributed by atoms with E-state index in [9.17, 15) is 0 Å². The quantitative estimate of drug-likeness (QED) is 0.729. The predicted octanol–water partition coefficient (Wildman–Crippen LogP) is 3.81. The maximum Gasteiger partial charge on any atom is 0.0432 e. The molecule has 2 aromatic carbocycles. The number of nitrogens with zero attached hydrogens (tertiary/aromatic N) is 1. The first-order valence-corrected chi connectivity index (χ1v) is 6.78. The van der Waals surface area contributed by atoms with Crippen LogP contribution in [0.1, 0.15) is 23.6 Å². The molecule has 92 valence electrons. The van der Waals surface area contributed by atoms with Crippen molar-refractivity contribution >= 4 is 5.69 Å². The van der Waals surface area contributed by atoms with Crippen LogP contribution in [0.25, 0.3) is 0 Å². The van der Waals surface area contributed by atoms with Crippen LogP contribution in [0.3, 0.4) is 0 Å². The van der Waals surface area contributed by atoms with E-state index in [1.54, 1.807) is 0 Å². The van der Waals surface area contributed by atoms with Gasteiger partial charge in [-0.15, -0.1) is 0 Å². The van der Waals surface area contributed by atoms with Crippen LogP contribution in [0.2, 0.25) is 0 Å². The van der Waals surface area contributed by atoms with Gasteiger partial charge in [0.1, 0.15) is 0 Å². The van der Waals surface area contributed by atoms with E-state index in [2.05, 4.69) is 60.4 Å². The molecule has 0 aromatic heterocycles. The summed E-state index contributed by atoms with van der Waals surface area (Å²) in [5.74, 6) is 0. The molecule has 1 heterocycles. The number of para-hydroxylation sites is 1. The van der Waals surface area contributed by atoms with Crippen LogP contribution in [-0.4, -0.2) is 6.54 Å². The van der Waals surface area contributed by atoms with Gasteiger partial charge in [-0.25, -0.2) is 0 Å². The molecular formula is C17H19N. The summed E-state index contributed by atoms with van der Waals surface area (Å²) in [5, 5.41) is 0. The van der Waals surface area contributed by atoms with Gasteiger partial charge in [-0.3, -0.25) is 0 Å². The lowest BCUT2D eigenvalue weighted by Gasteiger charge is -2.29. The number of rotatable bonds is 1. The zero-order chi connectivity index (χ0) is 12.4. The Bertz CT molecular complexity index is 545. The van der Waals surface area contributed by atoms with Crippen LogP contribution in [0.4, 0.5) is 5.69 Å². The highest BCUT2D eigenvalue weighted by molar-refractivity contribution is 5.55. The Hall–Kier alpha value is -1.76. The Morgan fingerprint density at radius 3 is 2.22 bits per heavy atom. The van der Waals surface area contributed by atoms with Gasteiger partial charge >= 0.3 is 0 Å². The lowest BCUT2D eigenvalue weighted by molar-refractivity contribution is 0.785. The minimum atomic E-state index is 1.03. The van der Waals surface area contributed by atoms with E-state index in [-0.39, 0.29) is 0 Å². The Balaban J connectivity index is 2.04. The second-order valence-corrected chi connectivity index (χ2v) is 4.91. The fraction of sp³-hybridized carbons (Fsp3) is 0.294. The van der Waals surface area contributed by atoms with Crippen LogP contribution >= 0.6 is 0 Å². The first-order valence-electron chi connectivity index (χ1n) is 6.78. The van der Waals surface area contributed by atoms with Gasteiger partial charge < -0.3 is 4.90 Å². The van der Waals surface area contributed by atoms with Crippen molar-refractivity contribution in [2.24, 2.45) is 0 Å². The van der Waals surface area contributed by atoms with Gasteiger partial charge in [0.15, 0.2) is 0 Å². The highest BCUT2D eigenvalue weighted by atomic mass is 15.1. The Morgan fingerprint density at radius 1 is 0.833 bits per heavy atom. The summed E-state index contributed by atoms with van der Waals surface area (Å²) in [4.78, 5) is 2.48. The van der Waals surface area contributed by atoms with Gasteiger partial charge in [-0.05, 0) is 42.5 Å². The van der Waals surface area contributed by atoms with E-state index in [0.29, 0.717) is 0 Å². The second kappa shape index (κ2) is 4.85. The second-order valence-electron chi connectivity index (χ2n) is 4.91. The molecule has 1 aliphatic heterocycles. The van der Waals surface area contributed by atoms with Crippen LogP contribution < -0.4 is 4.90 Å². The van der Waals surface area contributed by atoms with Crippen molar-refractivity contribution in [3.8, 4) is 0 Å². The third kappa shape index (κ3) is 2.01. The topological polar surface area (TPSA) is 3.24 Å². The largest absolute Gasteiger partial charge is 0.367 e. The molecular weight excluding hydrogens is 218 g/mol. The lowest BCUT2D eigenvalue weighted by Crippen LogP contribution is -2.25. The normalized spacial score (nSPS) is 14.4. The monoisotopic (exact) mass is 237 g/mol. The van der Waals surface area contributed by atoms with Gasteiger partial charge in [0.05, 0.1) is 0 Å². The van der Waals surface area contributed by atoms with Crippen LogP contribution in [0.5, 0.6) is 0 Å². The predicted molar refractivity (Wildman–Crippen MR) is 77.0 cm³/mol. The highest BCUT2D eigenvalue weighted by Gasteiger charge is 2.15. The molecule has 3 rings (SSSR count). The van der Waals surface area contributed by atoms with E-state index >= 15 is 0 Å². The average Bonchev–Trinajstić information content (AvgIpc) is 2.41. The van der Waals surface area contributed by atoms with Gasteiger partial charge in [-0.2, -0.15) is 0 Å². The average molecular weight is 237 g/mol. The maximum absolute atomic E-state index is 2.48. The fourth-order valence-electron chi connectivity index (χ4n) is 2.83. The molecule has 0 aliphatic carbocycles. The van der Waals surface area contributed by atoms with Crippen molar-refractivity contribution in [3.05, 3.63) is 65.2 Å². The molecule has 0 saturated heterocycles. The van der Waals surface area contributed by atoms with Crippen molar-refractivity contribution in [1.82, 2.24) is 0 Å². The molecule has 1 nitrogen and oxygen atoms in total. The molecule has 0 radical (unpaired) electrons. The van der Waals surface area contributed by atoms with Gasteiger partial charge in [-0.1, -0.05) is 42.5 Å². The first-order chi connectivity index (χ1) is 8.88. The number of hydrogen-bond donors (Lipinski definition) is 0. The van der Waals surface area contributed by atoms with Crippen LogP contribution in [0.15, 0.2) is 48.5 Å². The fourth-order valence-corrected chi connectivity index (χ4v) is 2.83.